The molecule has 0 fully saturated rings. The summed E-state index contributed by atoms with van der Waals surface area (Å²) < 4.78 is 0. The van der Waals surface area contributed by atoms with E-state index in [1.165, 1.54) is 12.5 Å². The standard InChI is InChI=1S/C5H5N2O2/c8-5(9)1-4-2-6-3-7-4/h1-3H,(H,6,7)(H,8,9). The zero-order chi connectivity index (χ0) is 6.69. The Balaban J connectivity index is 2.58. The summed E-state index contributed by atoms with van der Waals surface area (Å²) in [6, 6.07) is 0. The molecule has 4 nitrogen and oxygen atoms in total. The number of carbonyl (C=O) groups is 1. The molecule has 0 saturated heterocycles. The van der Waals surface area contributed by atoms with Crippen LogP contribution in [0.2, 0.25) is 0 Å². The molecule has 0 saturated carbocycles. The maximum absolute atomic E-state index is 9.96. The van der Waals surface area contributed by atoms with Crippen LogP contribution in [0.1, 0.15) is 5.69 Å². The molecule has 0 atom stereocenters. The Hall–Kier alpha value is -1.32. The van der Waals surface area contributed by atoms with Crippen molar-refractivity contribution in [2.75, 3.05) is 0 Å². The number of carboxylic acid groups (broad SMARTS) is 1. The monoisotopic (exact) mass is 125 g/mol. The van der Waals surface area contributed by atoms with Gasteiger partial charge in [-0.25, -0.2) is 4.98 Å². The average Bonchev–Trinajstić information content (AvgIpc) is 2.15. The van der Waals surface area contributed by atoms with E-state index in [4.69, 9.17) is 5.11 Å². The van der Waals surface area contributed by atoms with Gasteiger partial charge in [-0.05, 0) is 0 Å². The lowest BCUT2D eigenvalue weighted by atomic mass is 10.3. The van der Waals surface area contributed by atoms with Crippen molar-refractivity contribution >= 4 is 5.97 Å². The predicted octanol–water partition coefficient (Wildman–Crippen LogP) is 0.0467. The van der Waals surface area contributed by atoms with Crippen LogP contribution in [0, 0.1) is 6.42 Å². The van der Waals surface area contributed by atoms with Gasteiger partial charge in [-0.1, -0.05) is 0 Å². The highest BCUT2D eigenvalue weighted by Gasteiger charge is 1.99. The lowest BCUT2D eigenvalue weighted by molar-refractivity contribution is -0.132. The average molecular weight is 125 g/mol. The fraction of sp³-hybridized carbons (Fsp3) is 0. The molecule has 0 amide bonds. The minimum Gasteiger partial charge on any atom is -0.481 e. The van der Waals surface area contributed by atoms with E-state index < -0.39 is 5.97 Å². The Morgan fingerprint density at radius 3 is 3.11 bits per heavy atom. The van der Waals surface area contributed by atoms with Gasteiger partial charge in [0.15, 0.2) is 0 Å². The van der Waals surface area contributed by atoms with Crippen LogP contribution >= 0.6 is 0 Å². The van der Waals surface area contributed by atoms with E-state index in [1.54, 1.807) is 0 Å². The quantitative estimate of drug-likeness (QED) is 0.586. The first-order chi connectivity index (χ1) is 4.29. The minimum absolute atomic E-state index is 0.502. The van der Waals surface area contributed by atoms with Crippen LogP contribution in [0.25, 0.3) is 0 Å². The number of nitrogens with one attached hydrogen (secondary N) is 1. The molecule has 1 radical (unpaired) electrons. The van der Waals surface area contributed by atoms with Crippen molar-refractivity contribution in [3.8, 4) is 0 Å². The van der Waals surface area contributed by atoms with Crippen molar-refractivity contribution < 1.29 is 9.90 Å². The van der Waals surface area contributed by atoms with Gasteiger partial charge in [0.05, 0.1) is 12.0 Å². The maximum Gasteiger partial charge on any atom is 0.313 e. The Morgan fingerprint density at radius 2 is 2.67 bits per heavy atom. The van der Waals surface area contributed by atoms with Crippen molar-refractivity contribution in [1.29, 1.82) is 0 Å². The Kier molecular flexibility index (Phi) is 1.48. The van der Waals surface area contributed by atoms with Gasteiger partial charge in [-0.2, -0.15) is 0 Å². The molecule has 0 aromatic carbocycles. The molecular weight excluding hydrogens is 120 g/mol. The molecule has 0 bridgehead atoms. The fourth-order valence-corrected chi connectivity index (χ4v) is 0.479. The largest absolute Gasteiger partial charge is 0.481 e. The lowest BCUT2D eigenvalue weighted by Crippen LogP contribution is -1.96. The topological polar surface area (TPSA) is 66.0 Å². The first-order valence-corrected chi connectivity index (χ1v) is 2.35. The van der Waals surface area contributed by atoms with E-state index in [0.717, 1.165) is 6.42 Å². The molecular formula is C5H5N2O2. The third-order valence-corrected chi connectivity index (χ3v) is 0.798. The van der Waals surface area contributed by atoms with Gasteiger partial charge in [-0.15, -0.1) is 0 Å². The van der Waals surface area contributed by atoms with E-state index in [2.05, 4.69) is 9.97 Å². The summed E-state index contributed by atoms with van der Waals surface area (Å²) >= 11 is 0. The van der Waals surface area contributed by atoms with Gasteiger partial charge in [0.2, 0.25) is 0 Å². The van der Waals surface area contributed by atoms with Gasteiger partial charge < -0.3 is 10.1 Å². The summed E-state index contributed by atoms with van der Waals surface area (Å²) in [5, 5.41) is 8.18. The van der Waals surface area contributed by atoms with Crippen molar-refractivity contribution in [3.05, 3.63) is 24.6 Å². The van der Waals surface area contributed by atoms with Crippen LogP contribution < -0.4 is 0 Å². The number of carboxylic acids is 1. The number of H-pyrrole nitrogens is 1. The van der Waals surface area contributed by atoms with Crippen LogP contribution in [0.3, 0.4) is 0 Å². The fourth-order valence-electron chi connectivity index (χ4n) is 0.479. The second-order valence-electron chi connectivity index (χ2n) is 1.49. The molecule has 0 aliphatic rings. The minimum atomic E-state index is -0.973. The summed E-state index contributed by atoms with van der Waals surface area (Å²) in [5.74, 6) is -0.973. The van der Waals surface area contributed by atoms with Gasteiger partial charge in [0.1, 0.15) is 6.42 Å². The molecule has 1 rings (SSSR count). The number of rotatable bonds is 2. The normalized spacial score (nSPS) is 9.33. The van der Waals surface area contributed by atoms with E-state index in [1.807, 2.05) is 0 Å². The molecule has 9 heavy (non-hydrogen) atoms. The molecule has 0 unspecified atom stereocenters. The molecule has 1 heterocycles. The summed E-state index contributed by atoms with van der Waals surface area (Å²) in [6.07, 6.45) is 3.91. The van der Waals surface area contributed by atoms with Crippen LogP contribution in [-0.4, -0.2) is 21.0 Å². The molecule has 0 spiro atoms. The third kappa shape index (κ3) is 1.56. The maximum atomic E-state index is 9.96. The van der Waals surface area contributed by atoms with Crippen LogP contribution in [0.5, 0.6) is 0 Å². The molecule has 0 aliphatic heterocycles. The Labute approximate surface area is 51.5 Å². The summed E-state index contributed by atoms with van der Waals surface area (Å²) in [6.45, 7) is 0. The number of hydrogen-bond donors (Lipinski definition) is 2. The van der Waals surface area contributed by atoms with Crippen LogP contribution in [0.4, 0.5) is 0 Å². The second kappa shape index (κ2) is 2.30. The molecule has 4 heteroatoms. The number of nitrogens with zero attached hydrogens (tertiary/aromatic N) is 1. The SMILES string of the molecule is O=C(O)[CH]c1cnc[nH]1. The highest BCUT2D eigenvalue weighted by Crippen LogP contribution is 1.93. The molecule has 47 valence electrons. The van der Waals surface area contributed by atoms with Crippen LogP contribution in [0.15, 0.2) is 12.5 Å². The Bertz CT molecular complexity index is 193. The molecule has 0 aliphatic carbocycles. The van der Waals surface area contributed by atoms with Gasteiger partial charge in [-0.3, -0.25) is 4.79 Å². The highest BCUT2D eigenvalue weighted by molar-refractivity contribution is 5.80. The van der Waals surface area contributed by atoms with E-state index in [9.17, 15) is 4.79 Å². The van der Waals surface area contributed by atoms with Crippen molar-refractivity contribution in [2.24, 2.45) is 0 Å². The van der Waals surface area contributed by atoms with Gasteiger partial charge in [0, 0.05) is 6.20 Å². The summed E-state index contributed by atoms with van der Waals surface area (Å²) in [7, 11) is 0. The summed E-state index contributed by atoms with van der Waals surface area (Å²) in [4.78, 5) is 16.2. The van der Waals surface area contributed by atoms with Crippen molar-refractivity contribution in [1.82, 2.24) is 9.97 Å². The third-order valence-electron chi connectivity index (χ3n) is 0.798. The number of imidazole rings is 1. The zero-order valence-electron chi connectivity index (χ0n) is 4.53. The smallest absolute Gasteiger partial charge is 0.313 e. The molecule has 2 N–H and O–H groups in total. The number of aliphatic carboxylic acids is 1. The lowest BCUT2D eigenvalue weighted by Gasteiger charge is -1.84. The first kappa shape index (κ1) is 5.81. The van der Waals surface area contributed by atoms with Crippen LogP contribution in [-0.2, 0) is 4.79 Å². The predicted molar refractivity (Wildman–Crippen MR) is 29.6 cm³/mol. The number of aromatic amines is 1. The zero-order valence-corrected chi connectivity index (χ0v) is 4.53. The first-order valence-electron chi connectivity index (χ1n) is 2.35. The summed E-state index contributed by atoms with van der Waals surface area (Å²) in [5.41, 5.74) is 0.502. The highest BCUT2D eigenvalue weighted by atomic mass is 16.4. The van der Waals surface area contributed by atoms with E-state index in [0.29, 0.717) is 5.69 Å². The Morgan fingerprint density at radius 1 is 1.89 bits per heavy atom. The second-order valence-corrected chi connectivity index (χ2v) is 1.49. The van der Waals surface area contributed by atoms with Crippen molar-refractivity contribution in [2.45, 2.75) is 0 Å². The number of aromatic nitrogens is 2. The molecule has 1 aromatic rings. The van der Waals surface area contributed by atoms with E-state index >= 15 is 0 Å². The van der Waals surface area contributed by atoms with Crippen molar-refractivity contribution in [3.63, 3.8) is 0 Å². The number of hydrogen-bond acceptors (Lipinski definition) is 2. The van der Waals surface area contributed by atoms with Gasteiger partial charge in [0.25, 0.3) is 0 Å². The van der Waals surface area contributed by atoms with E-state index in [-0.39, 0.29) is 0 Å². The molecule has 1 aromatic heterocycles. The van der Waals surface area contributed by atoms with Gasteiger partial charge >= 0.3 is 5.97 Å².